The standard InChI is InChI=1S/C15H26N4/c1-5-16-15-17-12(4)9-14(19-15)18-13-7-10(2)6-11(3)8-13/h9-11,13H,5-8H2,1-4H3,(H2,16,17,18,19). The molecule has 1 aromatic heterocycles. The molecular formula is C15H26N4. The minimum atomic E-state index is 0.544. The molecule has 0 saturated heterocycles. The van der Waals surface area contributed by atoms with Gasteiger partial charge in [0.1, 0.15) is 5.82 Å². The SMILES string of the molecule is CCNc1nc(C)cc(NC2CC(C)CC(C)C2)n1. The summed E-state index contributed by atoms with van der Waals surface area (Å²) in [6, 6.07) is 2.58. The summed E-state index contributed by atoms with van der Waals surface area (Å²) in [6.07, 6.45) is 3.83. The molecule has 1 fully saturated rings. The van der Waals surface area contributed by atoms with Crippen molar-refractivity contribution in [3.63, 3.8) is 0 Å². The summed E-state index contributed by atoms with van der Waals surface area (Å²) in [5, 5.41) is 6.77. The van der Waals surface area contributed by atoms with E-state index in [-0.39, 0.29) is 0 Å². The van der Waals surface area contributed by atoms with E-state index in [1.54, 1.807) is 0 Å². The van der Waals surface area contributed by atoms with Crippen molar-refractivity contribution >= 4 is 11.8 Å². The zero-order valence-electron chi connectivity index (χ0n) is 12.5. The fraction of sp³-hybridized carbons (Fsp3) is 0.733. The lowest BCUT2D eigenvalue weighted by molar-refractivity contribution is 0.280. The second kappa shape index (κ2) is 6.22. The van der Waals surface area contributed by atoms with Crippen molar-refractivity contribution in [1.29, 1.82) is 0 Å². The number of nitrogens with zero attached hydrogens (tertiary/aromatic N) is 2. The highest BCUT2D eigenvalue weighted by Gasteiger charge is 2.24. The van der Waals surface area contributed by atoms with Crippen LogP contribution in [0.5, 0.6) is 0 Å². The van der Waals surface area contributed by atoms with E-state index in [0.717, 1.165) is 35.8 Å². The summed E-state index contributed by atoms with van der Waals surface area (Å²) in [7, 11) is 0. The summed E-state index contributed by atoms with van der Waals surface area (Å²) >= 11 is 0. The number of anilines is 2. The minimum Gasteiger partial charge on any atom is -0.367 e. The van der Waals surface area contributed by atoms with Crippen LogP contribution in [-0.2, 0) is 0 Å². The number of aromatic nitrogens is 2. The molecule has 4 heteroatoms. The van der Waals surface area contributed by atoms with E-state index < -0.39 is 0 Å². The Balaban J connectivity index is 2.05. The van der Waals surface area contributed by atoms with Crippen LogP contribution < -0.4 is 10.6 Å². The van der Waals surface area contributed by atoms with Gasteiger partial charge in [0.25, 0.3) is 0 Å². The molecule has 1 saturated carbocycles. The van der Waals surface area contributed by atoms with Crippen molar-refractivity contribution in [3.05, 3.63) is 11.8 Å². The molecule has 4 nitrogen and oxygen atoms in total. The van der Waals surface area contributed by atoms with Crippen molar-refractivity contribution in [3.8, 4) is 0 Å². The lowest BCUT2D eigenvalue weighted by atomic mass is 9.80. The third kappa shape index (κ3) is 4.08. The summed E-state index contributed by atoms with van der Waals surface area (Å²) in [5.74, 6) is 3.28. The predicted molar refractivity (Wildman–Crippen MR) is 80.5 cm³/mol. The van der Waals surface area contributed by atoms with Crippen molar-refractivity contribution in [2.24, 2.45) is 11.8 Å². The normalized spacial score (nSPS) is 27.1. The quantitative estimate of drug-likeness (QED) is 0.872. The van der Waals surface area contributed by atoms with Gasteiger partial charge in [0.05, 0.1) is 0 Å². The van der Waals surface area contributed by atoms with Crippen LogP contribution in [0.3, 0.4) is 0 Å². The van der Waals surface area contributed by atoms with Gasteiger partial charge in [-0.3, -0.25) is 0 Å². The maximum Gasteiger partial charge on any atom is 0.224 e. The number of nitrogens with one attached hydrogen (secondary N) is 2. The highest BCUT2D eigenvalue weighted by molar-refractivity contribution is 5.42. The molecule has 106 valence electrons. The van der Waals surface area contributed by atoms with Gasteiger partial charge in [-0.2, -0.15) is 4.98 Å². The lowest BCUT2D eigenvalue weighted by Gasteiger charge is -2.32. The van der Waals surface area contributed by atoms with Crippen LogP contribution >= 0.6 is 0 Å². The van der Waals surface area contributed by atoms with Crippen LogP contribution in [0.25, 0.3) is 0 Å². The van der Waals surface area contributed by atoms with Crippen LogP contribution in [0.15, 0.2) is 6.07 Å². The summed E-state index contributed by atoms with van der Waals surface area (Å²) in [5.41, 5.74) is 1.00. The first-order valence-corrected chi connectivity index (χ1v) is 7.43. The van der Waals surface area contributed by atoms with Gasteiger partial charge in [0, 0.05) is 24.3 Å². The topological polar surface area (TPSA) is 49.8 Å². The molecule has 1 aliphatic carbocycles. The highest BCUT2D eigenvalue weighted by atomic mass is 15.1. The predicted octanol–water partition coefficient (Wildman–Crippen LogP) is 3.45. The molecule has 19 heavy (non-hydrogen) atoms. The van der Waals surface area contributed by atoms with Gasteiger partial charge in [-0.05, 0) is 44.9 Å². The molecule has 2 rings (SSSR count). The maximum absolute atomic E-state index is 4.53. The second-order valence-electron chi connectivity index (χ2n) is 6.01. The molecule has 0 amide bonds. The second-order valence-corrected chi connectivity index (χ2v) is 6.01. The summed E-state index contributed by atoms with van der Waals surface area (Å²) in [6.45, 7) is 9.61. The van der Waals surface area contributed by atoms with Crippen molar-refractivity contribution in [2.75, 3.05) is 17.2 Å². The zero-order valence-corrected chi connectivity index (χ0v) is 12.5. The molecule has 0 aromatic carbocycles. The molecule has 0 spiro atoms. The molecular weight excluding hydrogens is 236 g/mol. The van der Waals surface area contributed by atoms with E-state index in [0.29, 0.717) is 6.04 Å². The molecule has 2 N–H and O–H groups in total. The highest BCUT2D eigenvalue weighted by Crippen LogP contribution is 2.30. The average molecular weight is 262 g/mol. The van der Waals surface area contributed by atoms with E-state index in [9.17, 15) is 0 Å². The lowest BCUT2D eigenvalue weighted by Crippen LogP contribution is -2.30. The Morgan fingerprint density at radius 2 is 1.84 bits per heavy atom. The van der Waals surface area contributed by atoms with E-state index >= 15 is 0 Å². The summed E-state index contributed by atoms with van der Waals surface area (Å²) < 4.78 is 0. The van der Waals surface area contributed by atoms with Crippen molar-refractivity contribution in [2.45, 2.75) is 53.0 Å². The molecule has 1 aromatic rings. The smallest absolute Gasteiger partial charge is 0.224 e. The maximum atomic E-state index is 4.53. The number of aryl methyl sites for hydroxylation is 1. The van der Waals surface area contributed by atoms with Crippen molar-refractivity contribution < 1.29 is 0 Å². The first-order valence-electron chi connectivity index (χ1n) is 7.43. The van der Waals surface area contributed by atoms with Crippen LogP contribution in [0, 0.1) is 18.8 Å². The molecule has 2 atom stereocenters. The van der Waals surface area contributed by atoms with Gasteiger partial charge in [0.2, 0.25) is 5.95 Å². The largest absolute Gasteiger partial charge is 0.367 e. The Bertz CT molecular complexity index is 409. The third-order valence-electron chi connectivity index (χ3n) is 3.72. The van der Waals surface area contributed by atoms with E-state index in [1.807, 2.05) is 13.0 Å². The Kier molecular flexibility index (Phi) is 4.61. The molecule has 1 heterocycles. The van der Waals surface area contributed by atoms with E-state index in [2.05, 4.69) is 41.4 Å². The number of hydrogen-bond donors (Lipinski definition) is 2. The Morgan fingerprint density at radius 3 is 2.47 bits per heavy atom. The van der Waals surface area contributed by atoms with Gasteiger partial charge in [-0.15, -0.1) is 0 Å². The molecule has 0 bridgehead atoms. The zero-order chi connectivity index (χ0) is 13.8. The monoisotopic (exact) mass is 262 g/mol. The molecule has 0 radical (unpaired) electrons. The van der Waals surface area contributed by atoms with Gasteiger partial charge >= 0.3 is 0 Å². The Morgan fingerprint density at radius 1 is 1.16 bits per heavy atom. The van der Waals surface area contributed by atoms with Gasteiger partial charge in [-0.25, -0.2) is 4.98 Å². The third-order valence-corrected chi connectivity index (χ3v) is 3.72. The van der Waals surface area contributed by atoms with E-state index in [4.69, 9.17) is 0 Å². The Labute approximate surface area is 116 Å². The molecule has 2 unspecified atom stereocenters. The number of hydrogen-bond acceptors (Lipinski definition) is 4. The van der Waals surface area contributed by atoms with Crippen LogP contribution in [0.4, 0.5) is 11.8 Å². The van der Waals surface area contributed by atoms with Gasteiger partial charge in [-0.1, -0.05) is 13.8 Å². The fourth-order valence-corrected chi connectivity index (χ4v) is 3.15. The van der Waals surface area contributed by atoms with Crippen molar-refractivity contribution in [1.82, 2.24) is 9.97 Å². The van der Waals surface area contributed by atoms with Crippen LogP contribution in [-0.4, -0.2) is 22.6 Å². The Hall–Kier alpha value is -1.32. The number of rotatable bonds is 4. The molecule has 0 aliphatic heterocycles. The summed E-state index contributed by atoms with van der Waals surface area (Å²) in [4.78, 5) is 8.92. The molecule has 1 aliphatic rings. The minimum absolute atomic E-state index is 0.544. The average Bonchev–Trinajstić information content (AvgIpc) is 2.26. The fourth-order valence-electron chi connectivity index (χ4n) is 3.15. The van der Waals surface area contributed by atoms with E-state index in [1.165, 1.54) is 19.3 Å². The first kappa shape index (κ1) is 14.1. The van der Waals surface area contributed by atoms with Crippen LogP contribution in [0.2, 0.25) is 0 Å². The van der Waals surface area contributed by atoms with Crippen LogP contribution in [0.1, 0.15) is 45.7 Å². The van der Waals surface area contributed by atoms with Gasteiger partial charge < -0.3 is 10.6 Å². The first-order chi connectivity index (χ1) is 9.06. The van der Waals surface area contributed by atoms with Gasteiger partial charge in [0.15, 0.2) is 0 Å².